The summed E-state index contributed by atoms with van der Waals surface area (Å²) in [4.78, 5) is 16.7. The largest absolute Gasteiger partial charge is 0.321 e. The Kier molecular flexibility index (Phi) is 5.69. The fourth-order valence-electron chi connectivity index (χ4n) is 2.88. The van der Waals surface area contributed by atoms with Gasteiger partial charge >= 0.3 is 0 Å². The van der Waals surface area contributed by atoms with Crippen molar-refractivity contribution in [3.05, 3.63) is 41.7 Å². The molecule has 0 aliphatic carbocycles. The van der Waals surface area contributed by atoms with Crippen molar-refractivity contribution in [2.75, 3.05) is 5.32 Å². The molecule has 8 nitrogen and oxygen atoms in total. The number of amides is 1. The number of hydrogen-bond acceptors (Lipinski definition) is 5. The maximum absolute atomic E-state index is 13.3. The molecule has 0 unspecified atom stereocenters. The van der Waals surface area contributed by atoms with Gasteiger partial charge in [-0.1, -0.05) is 26.0 Å². The van der Waals surface area contributed by atoms with E-state index in [9.17, 15) is 22.0 Å². The lowest BCUT2D eigenvalue weighted by atomic mass is 10.2. The molecule has 29 heavy (non-hydrogen) atoms. The summed E-state index contributed by atoms with van der Waals surface area (Å²) in [6.07, 6.45) is -1.50. The third-order valence-electron chi connectivity index (χ3n) is 4.17. The van der Waals surface area contributed by atoms with Gasteiger partial charge in [0.15, 0.2) is 5.69 Å². The fourth-order valence-corrected chi connectivity index (χ4v) is 4.12. The first-order valence-corrected chi connectivity index (χ1v) is 10.4. The highest BCUT2D eigenvalue weighted by molar-refractivity contribution is 7.90. The number of halogens is 2. The van der Waals surface area contributed by atoms with Gasteiger partial charge in [0.05, 0.1) is 10.6 Å². The van der Waals surface area contributed by atoms with E-state index < -0.39 is 34.1 Å². The monoisotopic (exact) mass is 425 g/mol. The van der Waals surface area contributed by atoms with Crippen molar-refractivity contribution in [1.82, 2.24) is 14.5 Å². The lowest BCUT2D eigenvalue weighted by Gasteiger charge is -2.09. The van der Waals surface area contributed by atoms with Crippen molar-refractivity contribution < 1.29 is 22.0 Å². The lowest BCUT2D eigenvalue weighted by Crippen LogP contribution is -2.29. The standard InChI is InChI=1S/C18H21F2N5O3S/c1-10(2)8-25-9-13(15(23-25)16(19)20)22-18(26)11(3)21-17-12-6-4-5-7-14(12)29(27,28)24-17/h4-7,9-11,16H,8H2,1-3H3,(H,21,24)(H,22,26)/t11-/m0/s1. The Morgan fingerprint density at radius 3 is 2.62 bits per heavy atom. The molecule has 0 saturated carbocycles. The Bertz CT molecular complexity index is 1060. The Labute approximate surface area is 167 Å². The summed E-state index contributed by atoms with van der Waals surface area (Å²) in [5, 5.41) is 6.26. The number of nitrogens with zero attached hydrogens (tertiary/aromatic N) is 3. The second-order valence-electron chi connectivity index (χ2n) is 7.09. The van der Waals surface area contributed by atoms with Gasteiger partial charge in [-0.15, -0.1) is 0 Å². The third kappa shape index (κ3) is 4.44. The molecule has 1 atom stereocenters. The highest BCUT2D eigenvalue weighted by Gasteiger charge is 2.31. The summed E-state index contributed by atoms with van der Waals surface area (Å²) < 4.78 is 54.5. The van der Waals surface area contributed by atoms with Crippen LogP contribution >= 0.6 is 0 Å². The quantitative estimate of drug-likeness (QED) is 0.742. The summed E-state index contributed by atoms with van der Waals surface area (Å²) in [7, 11) is -3.74. The topological polar surface area (TPSA) is 105 Å². The number of anilines is 1. The average Bonchev–Trinajstić information content (AvgIpc) is 3.13. The van der Waals surface area contributed by atoms with Crippen molar-refractivity contribution in [3.8, 4) is 0 Å². The first-order valence-electron chi connectivity index (χ1n) is 8.95. The zero-order chi connectivity index (χ0) is 21.3. The molecule has 1 aliphatic heterocycles. The number of aliphatic imine (C=N–C) groups is 1. The van der Waals surface area contributed by atoms with Crippen LogP contribution in [0.4, 0.5) is 14.5 Å². The van der Waals surface area contributed by atoms with Crippen LogP contribution < -0.4 is 10.0 Å². The highest BCUT2D eigenvalue weighted by atomic mass is 32.2. The molecular formula is C18H21F2N5O3S. The lowest BCUT2D eigenvalue weighted by molar-refractivity contribution is -0.117. The molecule has 0 bridgehead atoms. The van der Waals surface area contributed by atoms with E-state index in [-0.39, 0.29) is 22.3 Å². The number of aromatic nitrogens is 2. The molecule has 1 amide bonds. The molecule has 0 fully saturated rings. The van der Waals surface area contributed by atoms with Crippen LogP contribution in [-0.4, -0.2) is 36.0 Å². The molecule has 156 valence electrons. The SMILES string of the molecule is CC(C)Cn1cc(NC(=O)[C@H](C)N=C2NS(=O)(=O)c3ccccc32)c(C(F)F)n1. The molecule has 3 rings (SSSR count). The maximum atomic E-state index is 13.3. The van der Waals surface area contributed by atoms with Gasteiger partial charge in [0, 0.05) is 18.3 Å². The van der Waals surface area contributed by atoms with Crippen molar-refractivity contribution in [1.29, 1.82) is 0 Å². The van der Waals surface area contributed by atoms with Gasteiger partial charge in [-0.25, -0.2) is 17.2 Å². The Balaban J connectivity index is 1.82. The van der Waals surface area contributed by atoms with Crippen LogP contribution in [-0.2, 0) is 21.4 Å². The summed E-state index contributed by atoms with van der Waals surface area (Å²) in [5.41, 5.74) is -0.263. The van der Waals surface area contributed by atoms with Crippen LogP contribution in [0, 0.1) is 5.92 Å². The highest BCUT2D eigenvalue weighted by Crippen LogP contribution is 2.26. The molecule has 2 heterocycles. The van der Waals surface area contributed by atoms with Gasteiger partial charge in [0.2, 0.25) is 5.91 Å². The minimum absolute atomic E-state index is 0.0350. The normalized spacial score (nSPS) is 17.4. The second kappa shape index (κ2) is 7.90. The molecule has 0 spiro atoms. The van der Waals surface area contributed by atoms with Gasteiger partial charge in [-0.2, -0.15) is 5.10 Å². The Morgan fingerprint density at radius 2 is 1.97 bits per heavy atom. The summed E-state index contributed by atoms with van der Waals surface area (Å²) >= 11 is 0. The number of rotatable bonds is 6. The number of carbonyl (C=O) groups is 1. The Morgan fingerprint density at radius 1 is 1.28 bits per heavy atom. The van der Waals surface area contributed by atoms with Crippen LogP contribution in [0.25, 0.3) is 0 Å². The minimum atomic E-state index is -3.74. The van der Waals surface area contributed by atoms with E-state index in [2.05, 4.69) is 20.1 Å². The number of nitrogens with one attached hydrogen (secondary N) is 2. The van der Waals surface area contributed by atoms with Gasteiger partial charge in [0.25, 0.3) is 16.4 Å². The van der Waals surface area contributed by atoms with Crippen LogP contribution in [0.1, 0.15) is 38.5 Å². The second-order valence-corrected chi connectivity index (χ2v) is 8.74. The van der Waals surface area contributed by atoms with E-state index in [0.717, 1.165) is 0 Å². The van der Waals surface area contributed by atoms with Gasteiger partial charge in [-0.3, -0.25) is 19.2 Å². The van der Waals surface area contributed by atoms with Crippen molar-refractivity contribution in [2.24, 2.45) is 10.9 Å². The fraction of sp³-hybridized carbons (Fsp3) is 0.389. The molecular weight excluding hydrogens is 404 g/mol. The van der Waals surface area contributed by atoms with Crippen LogP contribution in [0.15, 0.2) is 40.4 Å². The summed E-state index contributed by atoms with van der Waals surface area (Å²) in [5.74, 6) is -0.440. The minimum Gasteiger partial charge on any atom is -0.321 e. The molecule has 1 aromatic heterocycles. The number of hydrogen-bond donors (Lipinski definition) is 2. The first-order chi connectivity index (χ1) is 13.6. The van der Waals surface area contributed by atoms with E-state index in [1.165, 1.54) is 23.9 Å². The number of sulfonamides is 1. The predicted octanol–water partition coefficient (Wildman–Crippen LogP) is 2.54. The van der Waals surface area contributed by atoms with Crippen molar-refractivity contribution in [3.63, 3.8) is 0 Å². The van der Waals surface area contributed by atoms with Crippen LogP contribution in [0.2, 0.25) is 0 Å². The van der Waals surface area contributed by atoms with E-state index >= 15 is 0 Å². The van der Waals surface area contributed by atoms with Crippen LogP contribution in [0.5, 0.6) is 0 Å². The smallest absolute Gasteiger partial charge is 0.284 e. The molecule has 2 aromatic rings. The zero-order valence-corrected chi connectivity index (χ0v) is 16.9. The van der Waals surface area contributed by atoms with Gasteiger partial charge < -0.3 is 5.32 Å². The van der Waals surface area contributed by atoms with Crippen molar-refractivity contribution >= 4 is 27.5 Å². The maximum Gasteiger partial charge on any atom is 0.284 e. The number of alkyl halides is 2. The van der Waals surface area contributed by atoms with Gasteiger partial charge in [-0.05, 0) is 25.0 Å². The number of amidine groups is 1. The molecule has 1 aliphatic rings. The first kappa shape index (κ1) is 20.9. The summed E-state index contributed by atoms with van der Waals surface area (Å²) in [6, 6.07) is 5.21. The van der Waals surface area contributed by atoms with Crippen LogP contribution in [0.3, 0.4) is 0 Å². The average molecular weight is 425 g/mol. The zero-order valence-electron chi connectivity index (χ0n) is 16.1. The van der Waals surface area contributed by atoms with Gasteiger partial charge in [0.1, 0.15) is 11.9 Å². The van der Waals surface area contributed by atoms with E-state index in [1.54, 1.807) is 18.2 Å². The van der Waals surface area contributed by atoms with Crippen molar-refractivity contribution in [2.45, 2.75) is 44.7 Å². The third-order valence-corrected chi connectivity index (χ3v) is 5.57. The van der Waals surface area contributed by atoms with E-state index in [0.29, 0.717) is 12.1 Å². The predicted molar refractivity (Wildman–Crippen MR) is 103 cm³/mol. The summed E-state index contributed by atoms with van der Waals surface area (Å²) in [6.45, 7) is 5.70. The number of benzene rings is 1. The Hall–Kier alpha value is -2.82. The molecule has 0 radical (unpaired) electrons. The van der Waals surface area contributed by atoms with E-state index in [4.69, 9.17) is 0 Å². The molecule has 11 heteroatoms. The van der Waals surface area contributed by atoms with E-state index in [1.807, 2.05) is 13.8 Å². The molecule has 0 saturated heterocycles. The molecule has 1 aromatic carbocycles. The molecule has 2 N–H and O–H groups in total. The number of carbonyl (C=O) groups excluding carboxylic acids is 1. The number of fused-ring (bicyclic) bond motifs is 1.